The number of nitrogens with one attached hydrogen (secondary N) is 1. The van der Waals surface area contributed by atoms with E-state index in [-0.39, 0.29) is 16.5 Å². The van der Waals surface area contributed by atoms with Crippen LogP contribution in [0.25, 0.3) is 10.4 Å². The van der Waals surface area contributed by atoms with E-state index in [9.17, 15) is 23.1 Å². The van der Waals surface area contributed by atoms with Crippen molar-refractivity contribution in [2.45, 2.75) is 6.18 Å². The maximum Gasteiger partial charge on any atom is 0.434 e. The summed E-state index contributed by atoms with van der Waals surface area (Å²) in [6.45, 7) is 0. The number of aromatic nitrogens is 2. The van der Waals surface area contributed by atoms with Gasteiger partial charge in [0.1, 0.15) is 11.4 Å². The summed E-state index contributed by atoms with van der Waals surface area (Å²) in [6, 6.07) is 5.06. The van der Waals surface area contributed by atoms with Crippen LogP contribution in [0, 0.1) is 0 Å². The molecule has 0 aliphatic rings. The average Bonchev–Trinajstić information content (AvgIpc) is 3.18. The molecule has 0 aromatic carbocycles. The Bertz CT molecular complexity index is 876. The Morgan fingerprint density at radius 3 is 2.67 bits per heavy atom. The molecule has 0 fully saturated rings. The third-order valence-corrected chi connectivity index (χ3v) is 4.62. The van der Waals surface area contributed by atoms with Gasteiger partial charge in [-0.05, 0) is 17.5 Å². The maximum atomic E-state index is 12.6. The number of halogens is 3. The summed E-state index contributed by atoms with van der Waals surface area (Å²) in [6.07, 6.45) is -3.10. The van der Waals surface area contributed by atoms with Gasteiger partial charge in [-0.25, -0.2) is 14.8 Å². The minimum atomic E-state index is -4.55. The summed E-state index contributed by atoms with van der Waals surface area (Å²) in [5.41, 5.74) is -0.574. The number of thiazole rings is 1. The van der Waals surface area contributed by atoms with Crippen molar-refractivity contribution in [1.82, 2.24) is 9.97 Å². The van der Waals surface area contributed by atoms with Gasteiger partial charge in [0, 0.05) is 22.0 Å². The quantitative estimate of drug-likeness (QED) is 0.694. The van der Waals surface area contributed by atoms with Crippen LogP contribution < -0.4 is 5.32 Å². The number of aromatic carboxylic acids is 1. The molecule has 0 atom stereocenters. The van der Waals surface area contributed by atoms with Crippen LogP contribution in [0.4, 0.5) is 24.1 Å². The highest BCUT2D eigenvalue weighted by Gasteiger charge is 2.33. The van der Waals surface area contributed by atoms with Crippen molar-refractivity contribution in [1.29, 1.82) is 0 Å². The Morgan fingerprint density at radius 1 is 1.29 bits per heavy atom. The second-order valence-corrected chi connectivity index (χ2v) is 6.37. The van der Waals surface area contributed by atoms with Crippen LogP contribution >= 0.6 is 22.7 Å². The van der Waals surface area contributed by atoms with Gasteiger partial charge in [-0.1, -0.05) is 6.07 Å². The molecule has 0 amide bonds. The number of carbonyl (C=O) groups is 1. The minimum Gasteiger partial charge on any atom is -0.478 e. The SMILES string of the molecule is O=C(O)c1cc(-c2cccs2)cnc1Nc1nc(C(F)(F)F)cs1. The molecule has 0 unspecified atom stereocenters. The lowest BCUT2D eigenvalue weighted by Crippen LogP contribution is -2.07. The van der Waals surface area contributed by atoms with Gasteiger partial charge in [0.2, 0.25) is 0 Å². The topological polar surface area (TPSA) is 75.1 Å². The van der Waals surface area contributed by atoms with Crippen molar-refractivity contribution in [2.75, 3.05) is 5.32 Å². The fourth-order valence-corrected chi connectivity index (χ4v) is 3.29. The van der Waals surface area contributed by atoms with Crippen LogP contribution in [0.1, 0.15) is 16.1 Å². The van der Waals surface area contributed by atoms with E-state index in [1.807, 2.05) is 17.5 Å². The second-order valence-electron chi connectivity index (χ2n) is 4.56. The van der Waals surface area contributed by atoms with Crippen LogP contribution in [0.2, 0.25) is 0 Å². The van der Waals surface area contributed by atoms with Crippen molar-refractivity contribution >= 4 is 39.6 Å². The molecule has 5 nitrogen and oxygen atoms in total. The minimum absolute atomic E-state index is 0.0640. The molecular weight excluding hydrogens is 363 g/mol. The highest BCUT2D eigenvalue weighted by atomic mass is 32.1. The molecule has 3 heterocycles. The monoisotopic (exact) mass is 371 g/mol. The number of pyridine rings is 1. The molecule has 0 spiro atoms. The Labute approximate surface area is 141 Å². The predicted molar refractivity (Wildman–Crippen MR) is 84.9 cm³/mol. The van der Waals surface area contributed by atoms with Gasteiger partial charge in [-0.15, -0.1) is 22.7 Å². The molecule has 124 valence electrons. The summed E-state index contributed by atoms with van der Waals surface area (Å²) in [5, 5.41) is 14.5. The van der Waals surface area contributed by atoms with Gasteiger partial charge in [0.15, 0.2) is 10.8 Å². The first-order valence-corrected chi connectivity index (χ1v) is 8.17. The average molecular weight is 371 g/mol. The highest BCUT2D eigenvalue weighted by molar-refractivity contribution is 7.14. The predicted octanol–water partition coefficient (Wildman–Crippen LogP) is 4.73. The number of hydrogen-bond acceptors (Lipinski definition) is 6. The normalized spacial score (nSPS) is 11.5. The Morgan fingerprint density at radius 2 is 2.08 bits per heavy atom. The van der Waals surface area contributed by atoms with Crippen molar-refractivity contribution in [2.24, 2.45) is 0 Å². The Balaban J connectivity index is 1.93. The van der Waals surface area contributed by atoms with E-state index in [1.54, 1.807) is 0 Å². The van der Waals surface area contributed by atoms with Crippen molar-refractivity contribution in [3.63, 3.8) is 0 Å². The standard InChI is InChI=1S/C14H8F3N3O2S2/c15-14(16,17)10-6-24-13(19-10)20-11-8(12(21)22)4-7(5-18-11)9-2-1-3-23-9/h1-6H,(H,21,22)(H,18,19,20). The van der Waals surface area contributed by atoms with Gasteiger partial charge < -0.3 is 10.4 Å². The van der Waals surface area contributed by atoms with E-state index >= 15 is 0 Å². The fourth-order valence-electron chi connectivity index (χ4n) is 1.87. The summed E-state index contributed by atoms with van der Waals surface area (Å²) in [7, 11) is 0. The summed E-state index contributed by atoms with van der Waals surface area (Å²) >= 11 is 2.14. The van der Waals surface area contributed by atoms with E-state index < -0.39 is 17.8 Å². The molecule has 0 aliphatic heterocycles. The molecule has 3 aromatic heterocycles. The first-order chi connectivity index (χ1) is 11.3. The van der Waals surface area contributed by atoms with E-state index in [0.717, 1.165) is 21.6 Å². The van der Waals surface area contributed by atoms with Crippen LogP contribution in [0.15, 0.2) is 35.2 Å². The zero-order valence-electron chi connectivity index (χ0n) is 11.7. The number of carboxylic acid groups (broad SMARTS) is 1. The van der Waals surface area contributed by atoms with Gasteiger partial charge in [-0.3, -0.25) is 0 Å². The molecular formula is C14H8F3N3O2S2. The molecule has 24 heavy (non-hydrogen) atoms. The molecule has 3 aromatic rings. The molecule has 10 heteroatoms. The molecule has 0 aliphatic carbocycles. The Kier molecular flexibility index (Phi) is 4.24. The number of alkyl halides is 3. The van der Waals surface area contributed by atoms with E-state index in [1.165, 1.54) is 23.6 Å². The lowest BCUT2D eigenvalue weighted by atomic mass is 10.1. The van der Waals surface area contributed by atoms with Gasteiger partial charge >= 0.3 is 12.1 Å². The number of carboxylic acids is 1. The summed E-state index contributed by atoms with van der Waals surface area (Å²) in [4.78, 5) is 19.7. The molecule has 0 saturated carbocycles. The van der Waals surface area contributed by atoms with Crippen LogP contribution in [-0.4, -0.2) is 21.0 Å². The van der Waals surface area contributed by atoms with Crippen LogP contribution in [-0.2, 0) is 6.18 Å². The fraction of sp³-hybridized carbons (Fsp3) is 0.0714. The zero-order valence-corrected chi connectivity index (χ0v) is 13.3. The van der Waals surface area contributed by atoms with Gasteiger partial charge in [0.25, 0.3) is 0 Å². The number of nitrogens with zero attached hydrogens (tertiary/aromatic N) is 2. The van der Waals surface area contributed by atoms with Gasteiger partial charge in [0.05, 0.1) is 0 Å². The second kappa shape index (κ2) is 6.21. The summed E-state index contributed by atoms with van der Waals surface area (Å²) < 4.78 is 37.7. The third-order valence-electron chi connectivity index (χ3n) is 2.94. The first kappa shape index (κ1) is 16.4. The van der Waals surface area contributed by atoms with E-state index in [0.29, 0.717) is 5.56 Å². The smallest absolute Gasteiger partial charge is 0.434 e. The van der Waals surface area contributed by atoms with Gasteiger partial charge in [-0.2, -0.15) is 13.2 Å². The van der Waals surface area contributed by atoms with Crippen LogP contribution in [0.3, 0.4) is 0 Å². The summed E-state index contributed by atoms with van der Waals surface area (Å²) in [5.74, 6) is -1.30. The Hall–Kier alpha value is -2.46. The number of hydrogen-bond donors (Lipinski definition) is 2. The number of anilines is 2. The van der Waals surface area contributed by atoms with Crippen molar-refractivity contribution in [3.8, 4) is 10.4 Å². The lowest BCUT2D eigenvalue weighted by Gasteiger charge is -2.08. The lowest BCUT2D eigenvalue weighted by molar-refractivity contribution is -0.140. The largest absolute Gasteiger partial charge is 0.478 e. The zero-order chi connectivity index (χ0) is 17.3. The van der Waals surface area contributed by atoms with Crippen LogP contribution in [0.5, 0.6) is 0 Å². The van der Waals surface area contributed by atoms with E-state index in [4.69, 9.17) is 0 Å². The van der Waals surface area contributed by atoms with Crippen molar-refractivity contribution in [3.05, 3.63) is 46.4 Å². The first-order valence-electron chi connectivity index (χ1n) is 6.41. The van der Waals surface area contributed by atoms with Crippen molar-refractivity contribution < 1.29 is 23.1 Å². The number of thiophene rings is 1. The molecule has 0 saturated heterocycles. The molecule has 3 rings (SSSR count). The highest BCUT2D eigenvalue weighted by Crippen LogP contribution is 2.33. The maximum absolute atomic E-state index is 12.6. The molecule has 0 radical (unpaired) electrons. The molecule has 0 bridgehead atoms. The van der Waals surface area contributed by atoms with E-state index in [2.05, 4.69) is 15.3 Å². The third kappa shape index (κ3) is 3.39. The molecule has 2 N–H and O–H groups in total. The number of rotatable bonds is 4.